The third-order valence-electron chi connectivity index (χ3n) is 2.54. The predicted octanol–water partition coefficient (Wildman–Crippen LogP) is 3.46. The fraction of sp³-hybridized carbons (Fsp3) is 0.0714. The van der Waals surface area contributed by atoms with Crippen molar-refractivity contribution in [1.29, 1.82) is 0 Å². The van der Waals surface area contributed by atoms with E-state index in [0.29, 0.717) is 5.75 Å². The third kappa shape index (κ3) is 2.85. The van der Waals surface area contributed by atoms with Crippen molar-refractivity contribution in [2.75, 3.05) is 7.11 Å². The molecule has 0 saturated heterocycles. The van der Waals surface area contributed by atoms with Gasteiger partial charge in [0.15, 0.2) is 11.6 Å². The van der Waals surface area contributed by atoms with E-state index in [1.54, 1.807) is 0 Å². The minimum absolute atomic E-state index is 0.0142. The first-order chi connectivity index (χ1) is 9.51. The van der Waals surface area contributed by atoms with Gasteiger partial charge in [0.2, 0.25) is 0 Å². The Balaban J connectivity index is 2.40. The Kier molecular flexibility index (Phi) is 3.84. The quantitative estimate of drug-likeness (QED) is 0.931. The van der Waals surface area contributed by atoms with E-state index in [9.17, 15) is 13.6 Å². The summed E-state index contributed by atoms with van der Waals surface area (Å²) in [6, 6.07) is 7.04. The number of ether oxygens (including phenoxy) is 2. The van der Waals surface area contributed by atoms with Gasteiger partial charge in [0.1, 0.15) is 22.8 Å². The molecule has 20 heavy (non-hydrogen) atoms. The lowest BCUT2D eigenvalue weighted by molar-refractivity contribution is 0.0694. The van der Waals surface area contributed by atoms with Crippen LogP contribution in [0.5, 0.6) is 17.2 Å². The van der Waals surface area contributed by atoms with Crippen molar-refractivity contribution in [2.24, 2.45) is 0 Å². The molecule has 0 saturated carbocycles. The Hall–Kier alpha value is -2.63. The topological polar surface area (TPSA) is 55.8 Å². The first-order valence-corrected chi connectivity index (χ1v) is 5.55. The molecule has 0 aliphatic carbocycles. The predicted molar refractivity (Wildman–Crippen MR) is 66.4 cm³/mol. The van der Waals surface area contributed by atoms with Crippen LogP contribution in [0.3, 0.4) is 0 Å². The molecule has 1 N–H and O–H groups in total. The van der Waals surface area contributed by atoms with Gasteiger partial charge in [-0.25, -0.2) is 13.6 Å². The number of methoxy groups -OCH3 is 1. The van der Waals surface area contributed by atoms with E-state index in [2.05, 4.69) is 0 Å². The van der Waals surface area contributed by atoms with Gasteiger partial charge in [-0.3, -0.25) is 0 Å². The normalized spacial score (nSPS) is 10.2. The SMILES string of the molecule is COc1ccc(C(=O)O)c(Oc2ccc(F)c(F)c2)c1. The monoisotopic (exact) mass is 280 g/mol. The molecular formula is C14H10F2O4. The lowest BCUT2D eigenvalue weighted by Crippen LogP contribution is -2.00. The molecule has 0 spiro atoms. The fourth-order valence-electron chi connectivity index (χ4n) is 1.56. The Morgan fingerprint density at radius 3 is 2.35 bits per heavy atom. The van der Waals surface area contributed by atoms with Crippen LogP contribution in [0.25, 0.3) is 0 Å². The van der Waals surface area contributed by atoms with Crippen LogP contribution in [-0.2, 0) is 0 Å². The molecule has 2 rings (SSSR count). The average Bonchev–Trinajstić information content (AvgIpc) is 2.42. The number of aromatic carboxylic acids is 1. The van der Waals surface area contributed by atoms with Gasteiger partial charge in [0.05, 0.1) is 7.11 Å². The maximum Gasteiger partial charge on any atom is 0.339 e. The molecule has 0 radical (unpaired) electrons. The van der Waals surface area contributed by atoms with E-state index >= 15 is 0 Å². The summed E-state index contributed by atoms with van der Waals surface area (Å²) < 4.78 is 36.2. The number of halogens is 2. The molecule has 2 aromatic rings. The first kappa shape index (κ1) is 13.8. The highest BCUT2D eigenvalue weighted by molar-refractivity contribution is 5.91. The summed E-state index contributed by atoms with van der Waals surface area (Å²) in [6.45, 7) is 0. The van der Waals surface area contributed by atoms with Crippen molar-refractivity contribution < 1.29 is 28.2 Å². The second-order valence-electron chi connectivity index (χ2n) is 3.85. The Bertz CT molecular complexity index is 656. The molecule has 0 amide bonds. The van der Waals surface area contributed by atoms with Gasteiger partial charge in [-0.05, 0) is 24.3 Å². The van der Waals surface area contributed by atoms with E-state index in [0.717, 1.165) is 12.1 Å². The van der Waals surface area contributed by atoms with E-state index < -0.39 is 17.6 Å². The van der Waals surface area contributed by atoms with Crippen LogP contribution >= 0.6 is 0 Å². The second kappa shape index (κ2) is 5.56. The summed E-state index contributed by atoms with van der Waals surface area (Å²) in [5, 5.41) is 9.05. The first-order valence-electron chi connectivity index (χ1n) is 5.55. The van der Waals surface area contributed by atoms with Crippen molar-refractivity contribution in [3.8, 4) is 17.2 Å². The van der Waals surface area contributed by atoms with Crippen LogP contribution in [0.4, 0.5) is 8.78 Å². The second-order valence-corrected chi connectivity index (χ2v) is 3.85. The Labute approximate surface area is 113 Å². The van der Waals surface area contributed by atoms with E-state index in [4.69, 9.17) is 14.6 Å². The molecule has 0 heterocycles. The highest BCUT2D eigenvalue weighted by Crippen LogP contribution is 2.30. The number of rotatable bonds is 4. The molecule has 0 atom stereocenters. The van der Waals surface area contributed by atoms with Crippen molar-refractivity contribution in [2.45, 2.75) is 0 Å². The lowest BCUT2D eigenvalue weighted by atomic mass is 10.2. The number of carboxylic acid groups (broad SMARTS) is 1. The molecule has 0 bridgehead atoms. The molecular weight excluding hydrogens is 270 g/mol. The largest absolute Gasteiger partial charge is 0.497 e. The van der Waals surface area contributed by atoms with Crippen LogP contribution < -0.4 is 9.47 Å². The molecule has 6 heteroatoms. The maximum atomic E-state index is 13.1. The summed E-state index contributed by atoms with van der Waals surface area (Å²) in [7, 11) is 1.41. The molecule has 0 fully saturated rings. The van der Waals surface area contributed by atoms with Gasteiger partial charge in [-0.1, -0.05) is 0 Å². The molecule has 4 nitrogen and oxygen atoms in total. The number of hydrogen-bond donors (Lipinski definition) is 1. The minimum Gasteiger partial charge on any atom is -0.497 e. The molecule has 0 aliphatic rings. The molecule has 0 aromatic heterocycles. The van der Waals surface area contributed by atoms with Gasteiger partial charge in [0.25, 0.3) is 0 Å². The van der Waals surface area contributed by atoms with Crippen molar-refractivity contribution in [1.82, 2.24) is 0 Å². The van der Waals surface area contributed by atoms with Crippen molar-refractivity contribution >= 4 is 5.97 Å². The highest BCUT2D eigenvalue weighted by atomic mass is 19.2. The van der Waals surface area contributed by atoms with Gasteiger partial charge >= 0.3 is 5.97 Å². The standard InChI is InChI=1S/C14H10F2O4/c1-19-8-2-4-10(14(17)18)13(7-8)20-9-3-5-11(15)12(16)6-9/h2-7H,1H3,(H,17,18). The number of carbonyl (C=O) groups is 1. The summed E-state index contributed by atoms with van der Waals surface area (Å²) in [6.07, 6.45) is 0. The number of hydrogen-bond acceptors (Lipinski definition) is 3. The molecule has 104 valence electrons. The smallest absolute Gasteiger partial charge is 0.339 e. The van der Waals surface area contributed by atoms with E-state index in [1.807, 2.05) is 0 Å². The summed E-state index contributed by atoms with van der Waals surface area (Å²) in [5.74, 6) is -2.95. The molecule has 0 unspecified atom stereocenters. The maximum absolute atomic E-state index is 13.1. The highest BCUT2D eigenvalue weighted by Gasteiger charge is 2.14. The summed E-state index contributed by atoms with van der Waals surface area (Å²) in [4.78, 5) is 11.1. The average molecular weight is 280 g/mol. The van der Waals surface area contributed by atoms with Gasteiger partial charge in [0, 0.05) is 12.1 Å². The zero-order valence-corrected chi connectivity index (χ0v) is 10.4. The van der Waals surface area contributed by atoms with E-state index in [1.165, 1.54) is 31.4 Å². The molecule has 0 aliphatic heterocycles. The summed E-state index contributed by atoms with van der Waals surface area (Å²) >= 11 is 0. The van der Waals surface area contributed by atoms with Gasteiger partial charge < -0.3 is 14.6 Å². The number of carboxylic acids is 1. The third-order valence-corrected chi connectivity index (χ3v) is 2.54. The van der Waals surface area contributed by atoms with E-state index in [-0.39, 0.29) is 17.1 Å². The van der Waals surface area contributed by atoms with Crippen molar-refractivity contribution in [3.05, 3.63) is 53.6 Å². The lowest BCUT2D eigenvalue weighted by Gasteiger charge is -2.10. The van der Waals surface area contributed by atoms with Gasteiger partial charge in [-0.2, -0.15) is 0 Å². The van der Waals surface area contributed by atoms with Crippen molar-refractivity contribution in [3.63, 3.8) is 0 Å². The van der Waals surface area contributed by atoms with Crippen LogP contribution in [-0.4, -0.2) is 18.2 Å². The number of benzene rings is 2. The zero-order valence-electron chi connectivity index (χ0n) is 10.4. The van der Waals surface area contributed by atoms with Crippen LogP contribution in [0.2, 0.25) is 0 Å². The van der Waals surface area contributed by atoms with Gasteiger partial charge in [-0.15, -0.1) is 0 Å². The van der Waals surface area contributed by atoms with Crippen LogP contribution in [0, 0.1) is 11.6 Å². The minimum atomic E-state index is -1.20. The van der Waals surface area contributed by atoms with Crippen LogP contribution in [0.1, 0.15) is 10.4 Å². The Morgan fingerprint density at radius 2 is 1.75 bits per heavy atom. The van der Waals surface area contributed by atoms with Crippen LogP contribution in [0.15, 0.2) is 36.4 Å². The fourth-order valence-corrected chi connectivity index (χ4v) is 1.56. The zero-order chi connectivity index (χ0) is 14.7. The molecule has 2 aromatic carbocycles. The summed E-state index contributed by atoms with van der Waals surface area (Å²) in [5.41, 5.74) is -0.115. The Morgan fingerprint density at radius 1 is 1.05 bits per heavy atom.